The Labute approximate surface area is 125 Å². The van der Waals surface area contributed by atoms with Crippen LogP contribution in [0.25, 0.3) is 0 Å². The molecule has 3 N–H and O–H groups in total. The Kier molecular flexibility index (Phi) is 3.61. The lowest BCUT2D eigenvalue weighted by Crippen LogP contribution is -2.44. The average Bonchev–Trinajstić information content (AvgIpc) is 2.93. The second kappa shape index (κ2) is 5.30. The van der Waals surface area contributed by atoms with Crippen LogP contribution in [0.2, 0.25) is 0 Å². The smallest absolute Gasteiger partial charge is 0.255 e. The highest BCUT2D eigenvalue weighted by atomic mass is 16.3. The van der Waals surface area contributed by atoms with Gasteiger partial charge in [-0.3, -0.25) is 4.79 Å². The second-order valence-electron chi connectivity index (χ2n) is 6.40. The molecule has 2 heterocycles. The van der Waals surface area contributed by atoms with E-state index in [1.165, 1.54) is 6.20 Å². The van der Waals surface area contributed by atoms with E-state index >= 15 is 0 Å². The van der Waals surface area contributed by atoms with Crippen molar-refractivity contribution in [1.29, 1.82) is 0 Å². The van der Waals surface area contributed by atoms with Gasteiger partial charge in [0.15, 0.2) is 0 Å². The number of anilines is 1. The Morgan fingerprint density at radius 2 is 2.33 bits per heavy atom. The summed E-state index contributed by atoms with van der Waals surface area (Å²) in [6, 6.07) is 3.37. The minimum atomic E-state index is -0.600. The van der Waals surface area contributed by atoms with E-state index in [1.807, 2.05) is 11.8 Å². The van der Waals surface area contributed by atoms with Gasteiger partial charge in [0.25, 0.3) is 5.91 Å². The maximum atomic E-state index is 12.6. The van der Waals surface area contributed by atoms with Crippen LogP contribution in [-0.4, -0.2) is 39.6 Å². The van der Waals surface area contributed by atoms with Gasteiger partial charge in [-0.2, -0.15) is 0 Å². The summed E-state index contributed by atoms with van der Waals surface area (Å²) >= 11 is 0. The van der Waals surface area contributed by atoms with Crippen molar-refractivity contribution in [3.63, 3.8) is 0 Å². The van der Waals surface area contributed by atoms with E-state index in [0.29, 0.717) is 23.8 Å². The van der Waals surface area contributed by atoms with Gasteiger partial charge in [-0.1, -0.05) is 13.3 Å². The SMILES string of the molecule is CC[C@]1(O)CCC[C@H]2CN(C(=O)c3ccc(N)nc3)C[C@H]21. The number of aliphatic hydroxyl groups is 1. The largest absolute Gasteiger partial charge is 0.390 e. The van der Waals surface area contributed by atoms with Crippen molar-refractivity contribution in [3.05, 3.63) is 23.9 Å². The number of likely N-dealkylation sites (tertiary alicyclic amines) is 1. The molecule has 1 aliphatic carbocycles. The summed E-state index contributed by atoms with van der Waals surface area (Å²) in [4.78, 5) is 18.4. The summed E-state index contributed by atoms with van der Waals surface area (Å²) in [5.41, 5.74) is 5.53. The number of nitrogens with zero attached hydrogens (tertiary/aromatic N) is 2. The van der Waals surface area contributed by atoms with Crippen LogP contribution in [0.15, 0.2) is 18.3 Å². The van der Waals surface area contributed by atoms with E-state index in [1.54, 1.807) is 12.1 Å². The molecular weight excluding hydrogens is 266 g/mol. The summed E-state index contributed by atoms with van der Waals surface area (Å²) in [6.45, 7) is 3.44. The summed E-state index contributed by atoms with van der Waals surface area (Å²) in [5.74, 6) is 1.05. The van der Waals surface area contributed by atoms with Gasteiger partial charge in [0.05, 0.1) is 11.2 Å². The number of pyridine rings is 1. The molecule has 1 saturated carbocycles. The molecular formula is C16H23N3O2. The Bertz CT molecular complexity index is 531. The lowest BCUT2D eigenvalue weighted by atomic mass is 9.69. The Morgan fingerprint density at radius 1 is 1.52 bits per heavy atom. The zero-order valence-corrected chi connectivity index (χ0v) is 12.5. The number of rotatable bonds is 2. The third-order valence-corrected chi connectivity index (χ3v) is 5.25. The molecule has 2 fully saturated rings. The van der Waals surface area contributed by atoms with E-state index < -0.39 is 5.60 Å². The molecule has 21 heavy (non-hydrogen) atoms. The van der Waals surface area contributed by atoms with E-state index in [4.69, 9.17) is 5.73 Å². The van der Waals surface area contributed by atoms with Crippen molar-refractivity contribution in [2.24, 2.45) is 11.8 Å². The van der Waals surface area contributed by atoms with E-state index in [2.05, 4.69) is 4.98 Å². The molecule has 3 atom stereocenters. The zero-order valence-electron chi connectivity index (χ0n) is 12.5. The molecule has 0 radical (unpaired) electrons. The number of amides is 1. The molecule has 1 aliphatic heterocycles. The van der Waals surface area contributed by atoms with Gasteiger partial charge in [-0.25, -0.2) is 4.98 Å². The molecule has 3 rings (SSSR count). The molecule has 0 bridgehead atoms. The fraction of sp³-hybridized carbons (Fsp3) is 0.625. The summed E-state index contributed by atoms with van der Waals surface area (Å²) < 4.78 is 0. The van der Waals surface area contributed by atoms with Crippen LogP contribution in [0.3, 0.4) is 0 Å². The predicted molar refractivity (Wildman–Crippen MR) is 80.6 cm³/mol. The predicted octanol–water partition coefficient (Wildman–Crippen LogP) is 1.68. The molecule has 0 spiro atoms. The minimum Gasteiger partial charge on any atom is -0.390 e. The number of hydrogen-bond donors (Lipinski definition) is 2. The third-order valence-electron chi connectivity index (χ3n) is 5.25. The standard InChI is InChI=1S/C16H23N3O2/c1-2-16(21)7-3-4-12-9-19(10-13(12)16)15(20)11-5-6-14(17)18-8-11/h5-6,8,12-13,21H,2-4,7,9-10H2,1H3,(H2,17,18)/t12-,13+,16-/m0/s1. The van der Waals surface area contributed by atoms with Crippen molar-refractivity contribution in [3.8, 4) is 0 Å². The van der Waals surface area contributed by atoms with Crippen LogP contribution in [0, 0.1) is 11.8 Å². The Morgan fingerprint density at radius 3 is 3.00 bits per heavy atom. The maximum Gasteiger partial charge on any atom is 0.255 e. The Balaban J connectivity index is 1.77. The molecule has 5 nitrogen and oxygen atoms in total. The van der Waals surface area contributed by atoms with Crippen molar-refractivity contribution in [1.82, 2.24) is 9.88 Å². The molecule has 0 unspecified atom stereocenters. The number of aromatic nitrogens is 1. The first-order valence-corrected chi connectivity index (χ1v) is 7.76. The van der Waals surface area contributed by atoms with Crippen LogP contribution in [0.1, 0.15) is 43.0 Å². The van der Waals surface area contributed by atoms with Crippen molar-refractivity contribution < 1.29 is 9.90 Å². The third kappa shape index (κ3) is 2.50. The van der Waals surface area contributed by atoms with Gasteiger partial charge in [0.2, 0.25) is 0 Å². The monoisotopic (exact) mass is 289 g/mol. The van der Waals surface area contributed by atoms with Crippen molar-refractivity contribution in [2.75, 3.05) is 18.8 Å². The highest BCUT2D eigenvalue weighted by Crippen LogP contribution is 2.44. The highest BCUT2D eigenvalue weighted by molar-refractivity contribution is 5.94. The number of carbonyl (C=O) groups is 1. The molecule has 5 heteroatoms. The van der Waals surface area contributed by atoms with Gasteiger partial charge >= 0.3 is 0 Å². The van der Waals surface area contributed by atoms with Crippen molar-refractivity contribution in [2.45, 2.75) is 38.2 Å². The number of nitrogens with two attached hydrogens (primary N) is 1. The zero-order chi connectivity index (χ0) is 15.0. The number of nitrogen functional groups attached to an aromatic ring is 1. The lowest BCUT2D eigenvalue weighted by molar-refractivity contribution is -0.0609. The van der Waals surface area contributed by atoms with Gasteiger partial charge < -0.3 is 15.7 Å². The summed E-state index contributed by atoms with van der Waals surface area (Å²) in [5, 5.41) is 10.8. The number of carbonyl (C=O) groups excluding carboxylic acids is 1. The first-order valence-electron chi connectivity index (χ1n) is 7.76. The average molecular weight is 289 g/mol. The van der Waals surface area contributed by atoms with Crippen LogP contribution in [0.4, 0.5) is 5.82 Å². The molecule has 1 aromatic heterocycles. The number of hydrogen-bond acceptors (Lipinski definition) is 4. The van der Waals surface area contributed by atoms with Crippen LogP contribution in [0.5, 0.6) is 0 Å². The highest BCUT2D eigenvalue weighted by Gasteiger charge is 2.48. The quantitative estimate of drug-likeness (QED) is 0.868. The topological polar surface area (TPSA) is 79.5 Å². The minimum absolute atomic E-state index is 0.00430. The molecule has 1 saturated heterocycles. The second-order valence-corrected chi connectivity index (χ2v) is 6.40. The molecule has 1 aromatic rings. The maximum absolute atomic E-state index is 12.6. The van der Waals surface area contributed by atoms with Crippen molar-refractivity contribution >= 4 is 11.7 Å². The van der Waals surface area contributed by atoms with Crippen LogP contribution in [-0.2, 0) is 0 Å². The normalized spacial score (nSPS) is 32.0. The van der Waals surface area contributed by atoms with Gasteiger partial charge in [0, 0.05) is 25.2 Å². The molecule has 1 amide bonds. The number of fused-ring (bicyclic) bond motifs is 1. The van der Waals surface area contributed by atoms with Gasteiger partial charge in [-0.15, -0.1) is 0 Å². The molecule has 114 valence electrons. The van der Waals surface area contributed by atoms with Gasteiger partial charge in [0.1, 0.15) is 5.82 Å². The lowest BCUT2D eigenvalue weighted by Gasteiger charge is -2.40. The molecule has 2 aliphatic rings. The van der Waals surface area contributed by atoms with E-state index in [0.717, 1.165) is 32.2 Å². The van der Waals surface area contributed by atoms with Crippen LogP contribution < -0.4 is 5.73 Å². The molecule has 0 aromatic carbocycles. The Hall–Kier alpha value is -1.62. The van der Waals surface area contributed by atoms with E-state index in [-0.39, 0.29) is 11.8 Å². The first kappa shape index (κ1) is 14.3. The summed E-state index contributed by atoms with van der Waals surface area (Å²) in [7, 11) is 0. The van der Waals surface area contributed by atoms with Gasteiger partial charge in [-0.05, 0) is 37.3 Å². The van der Waals surface area contributed by atoms with E-state index in [9.17, 15) is 9.90 Å². The fourth-order valence-electron chi connectivity index (χ4n) is 3.95. The summed E-state index contributed by atoms with van der Waals surface area (Å²) in [6.07, 6.45) is 5.31. The fourth-order valence-corrected chi connectivity index (χ4v) is 3.95. The first-order chi connectivity index (χ1) is 10.0. The van der Waals surface area contributed by atoms with Crippen LogP contribution >= 0.6 is 0 Å².